The van der Waals surface area contributed by atoms with Gasteiger partial charge in [0, 0.05) is 19.6 Å². The van der Waals surface area contributed by atoms with Gasteiger partial charge in [-0.2, -0.15) is 0 Å². The van der Waals surface area contributed by atoms with Crippen LogP contribution in [0, 0.1) is 5.92 Å². The van der Waals surface area contributed by atoms with Crippen molar-refractivity contribution < 1.29 is 19.1 Å². The monoisotopic (exact) mass is 361 g/mol. The van der Waals surface area contributed by atoms with Crippen LogP contribution in [0.4, 0.5) is 0 Å². The zero-order chi connectivity index (χ0) is 18.9. The van der Waals surface area contributed by atoms with E-state index >= 15 is 0 Å². The van der Waals surface area contributed by atoms with Crippen molar-refractivity contribution in [3.63, 3.8) is 0 Å². The van der Waals surface area contributed by atoms with Crippen LogP contribution >= 0.6 is 0 Å². The molecule has 2 amide bonds. The van der Waals surface area contributed by atoms with Crippen molar-refractivity contribution in [2.45, 2.75) is 32.9 Å². The highest BCUT2D eigenvalue weighted by Gasteiger charge is 2.34. The van der Waals surface area contributed by atoms with E-state index in [9.17, 15) is 14.4 Å². The third-order valence-corrected chi connectivity index (χ3v) is 4.04. The van der Waals surface area contributed by atoms with Crippen LogP contribution in [0.3, 0.4) is 0 Å². The highest BCUT2D eigenvalue weighted by Crippen LogP contribution is 2.11. The molecule has 1 unspecified atom stereocenters. The lowest BCUT2D eigenvalue weighted by Crippen LogP contribution is -2.59. The molecule has 1 saturated heterocycles. The van der Waals surface area contributed by atoms with Crippen LogP contribution in [0.25, 0.3) is 0 Å². The van der Waals surface area contributed by atoms with Gasteiger partial charge >= 0.3 is 5.97 Å². The number of nitrogens with one attached hydrogen (secondary N) is 2. The number of hydrogen-bond acceptors (Lipinski definition) is 5. The number of hydrogen-bond donors (Lipinski definition) is 2. The molecule has 0 aromatic heterocycles. The van der Waals surface area contributed by atoms with Gasteiger partial charge in [0.1, 0.15) is 6.04 Å². The first kappa shape index (κ1) is 19.9. The van der Waals surface area contributed by atoms with E-state index < -0.39 is 12.0 Å². The van der Waals surface area contributed by atoms with Gasteiger partial charge in [0.05, 0.1) is 19.6 Å². The Morgan fingerprint density at radius 1 is 1.31 bits per heavy atom. The average Bonchev–Trinajstić information content (AvgIpc) is 2.62. The number of carbonyl (C=O) groups excluding carboxylic acids is 3. The van der Waals surface area contributed by atoms with E-state index in [4.69, 9.17) is 4.74 Å². The number of rotatable bonds is 8. The number of nitrogens with zero attached hydrogens (tertiary/aromatic N) is 1. The Morgan fingerprint density at radius 2 is 2.04 bits per heavy atom. The number of esters is 1. The maximum atomic E-state index is 12.5. The molecular weight excluding hydrogens is 334 g/mol. The summed E-state index contributed by atoms with van der Waals surface area (Å²) < 4.78 is 5.15. The molecule has 1 heterocycles. The summed E-state index contributed by atoms with van der Waals surface area (Å²) >= 11 is 0. The first-order valence-electron chi connectivity index (χ1n) is 8.95. The number of ether oxygens (including phenoxy) is 1. The summed E-state index contributed by atoms with van der Waals surface area (Å²) in [5, 5.41) is 5.80. The SMILES string of the molecule is CC(C)COC(=O)CC1C(=O)NCCN1C(=O)CNCc1ccccc1. The molecule has 1 aliphatic heterocycles. The lowest BCUT2D eigenvalue weighted by atomic mass is 10.1. The van der Waals surface area contributed by atoms with Gasteiger partial charge in [0.15, 0.2) is 0 Å². The number of benzene rings is 1. The normalized spacial score (nSPS) is 17.1. The Hall–Kier alpha value is -2.41. The summed E-state index contributed by atoms with van der Waals surface area (Å²) in [6.07, 6.45) is -0.122. The topological polar surface area (TPSA) is 87.7 Å². The van der Waals surface area contributed by atoms with Crippen LogP contribution < -0.4 is 10.6 Å². The second-order valence-corrected chi connectivity index (χ2v) is 6.76. The Morgan fingerprint density at radius 3 is 2.73 bits per heavy atom. The molecule has 0 spiro atoms. The van der Waals surface area contributed by atoms with Gasteiger partial charge in [-0.3, -0.25) is 14.4 Å². The molecule has 0 bridgehead atoms. The maximum Gasteiger partial charge on any atom is 0.308 e. The van der Waals surface area contributed by atoms with Gasteiger partial charge in [0.2, 0.25) is 11.8 Å². The van der Waals surface area contributed by atoms with Gasteiger partial charge < -0.3 is 20.3 Å². The molecule has 1 aromatic carbocycles. The van der Waals surface area contributed by atoms with Gasteiger partial charge in [0.25, 0.3) is 0 Å². The summed E-state index contributed by atoms with van der Waals surface area (Å²) in [5.74, 6) is -0.749. The van der Waals surface area contributed by atoms with Crippen LogP contribution in [0.1, 0.15) is 25.8 Å². The lowest BCUT2D eigenvalue weighted by molar-refractivity contribution is -0.152. The van der Waals surface area contributed by atoms with Crippen molar-refractivity contribution in [3.8, 4) is 0 Å². The second-order valence-electron chi connectivity index (χ2n) is 6.76. The fourth-order valence-electron chi connectivity index (χ4n) is 2.70. The predicted octanol–water partition coefficient (Wildman–Crippen LogP) is 0.693. The van der Waals surface area contributed by atoms with Crippen molar-refractivity contribution in [2.75, 3.05) is 26.2 Å². The minimum absolute atomic E-state index is 0.111. The van der Waals surface area contributed by atoms with E-state index in [0.717, 1.165) is 5.56 Å². The predicted molar refractivity (Wildman–Crippen MR) is 97.1 cm³/mol. The van der Waals surface area contributed by atoms with Gasteiger partial charge in [-0.1, -0.05) is 44.2 Å². The minimum Gasteiger partial charge on any atom is -0.465 e. The lowest BCUT2D eigenvalue weighted by Gasteiger charge is -2.34. The maximum absolute atomic E-state index is 12.5. The first-order chi connectivity index (χ1) is 12.5. The molecular formula is C19H27N3O4. The summed E-state index contributed by atoms with van der Waals surface area (Å²) in [4.78, 5) is 38.1. The molecule has 0 aliphatic carbocycles. The van der Waals surface area contributed by atoms with Crippen LogP contribution in [-0.4, -0.2) is 55.0 Å². The smallest absolute Gasteiger partial charge is 0.308 e. The molecule has 1 aromatic rings. The van der Waals surface area contributed by atoms with Crippen molar-refractivity contribution in [1.29, 1.82) is 0 Å². The van der Waals surface area contributed by atoms with Gasteiger partial charge in [-0.25, -0.2) is 0 Å². The Labute approximate surface area is 154 Å². The average molecular weight is 361 g/mol. The van der Waals surface area contributed by atoms with Crippen molar-refractivity contribution >= 4 is 17.8 Å². The molecule has 1 fully saturated rings. The van der Waals surface area contributed by atoms with Crippen LogP contribution in [0.5, 0.6) is 0 Å². The summed E-state index contributed by atoms with van der Waals surface area (Å²) in [6.45, 7) is 5.64. The third-order valence-electron chi connectivity index (χ3n) is 4.04. The van der Waals surface area contributed by atoms with E-state index in [1.54, 1.807) is 0 Å². The molecule has 7 nitrogen and oxygen atoms in total. The molecule has 0 radical (unpaired) electrons. The van der Waals surface area contributed by atoms with Crippen molar-refractivity contribution in [2.24, 2.45) is 5.92 Å². The summed E-state index contributed by atoms with van der Waals surface area (Å²) in [6, 6.07) is 8.94. The standard InChI is InChI=1S/C19H27N3O4/c1-14(2)13-26-18(24)10-16-19(25)21-8-9-22(16)17(23)12-20-11-15-6-4-3-5-7-15/h3-7,14,16,20H,8-13H2,1-2H3,(H,21,25). The zero-order valence-electron chi connectivity index (χ0n) is 15.4. The fourth-order valence-corrected chi connectivity index (χ4v) is 2.70. The largest absolute Gasteiger partial charge is 0.465 e. The number of amides is 2. The highest BCUT2D eigenvalue weighted by atomic mass is 16.5. The van der Waals surface area contributed by atoms with Crippen molar-refractivity contribution in [1.82, 2.24) is 15.5 Å². The molecule has 0 saturated carbocycles. The Kier molecular flexibility index (Phi) is 7.59. The molecule has 142 valence electrons. The first-order valence-corrected chi connectivity index (χ1v) is 8.95. The van der Waals surface area contributed by atoms with Crippen molar-refractivity contribution in [3.05, 3.63) is 35.9 Å². The van der Waals surface area contributed by atoms with Gasteiger partial charge in [-0.15, -0.1) is 0 Å². The summed E-state index contributed by atoms with van der Waals surface area (Å²) in [7, 11) is 0. The van der Waals surface area contributed by atoms with E-state index in [2.05, 4.69) is 10.6 Å². The molecule has 1 aliphatic rings. The quantitative estimate of drug-likeness (QED) is 0.665. The Balaban J connectivity index is 1.87. The molecule has 2 N–H and O–H groups in total. The Bertz CT molecular complexity index is 618. The highest BCUT2D eigenvalue weighted by molar-refractivity contribution is 5.92. The molecule has 1 atom stereocenters. The second kappa shape index (κ2) is 9.91. The van der Waals surface area contributed by atoms with E-state index in [1.165, 1.54) is 4.90 Å². The van der Waals surface area contributed by atoms with Crippen LogP contribution in [0.2, 0.25) is 0 Å². The zero-order valence-corrected chi connectivity index (χ0v) is 15.4. The fraction of sp³-hybridized carbons (Fsp3) is 0.526. The van der Waals surface area contributed by atoms with E-state index in [0.29, 0.717) is 26.2 Å². The molecule has 2 rings (SSSR count). The summed E-state index contributed by atoms with van der Waals surface area (Å²) in [5.41, 5.74) is 1.07. The van der Waals surface area contributed by atoms with E-state index in [1.807, 2.05) is 44.2 Å². The van der Waals surface area contributed by atoms with E-state index in [-0.39, 0.29) is 30.7 Å². The molecule has 26 heavy (non-hydrogen) atoms. The third kappa shape index (κ3) is 6.15. The minimum atomic E-state index is -0.811. The van der Waals surface area contributed by atoms with Gasteiger partial charge in [-0.05, 0) is 11.5 Å². The van der Waals surface area contributed by atoms with Crippen LogP contribution in [-0.2, 0) is 25.7 Å². The van der Waals surface area contributed by atoms with Crippen LogP contribution in [0.15, 0.2) is 30.3 Å². The number of piperazine rings is 1. The molecule has 7 heteroatoms. The number of carbonyl (C=O) groups is 3.